The summed E-state index contributed by atoms with van der Waals surface area (Å²) in [5.74, 6) is -0.221. The Kier molecular flexibility index (Phi) is 3.75. The topological polar surface area (TPSA) is 26.3 Å². The van der Waals surface area contributed by atoms with E-state index in [2.05, 4.69) is 15.9 Å². The summed E-state index contributed by atoms with van der Waals surface area (Å²) in [4.78, 5) is 10.4. The van der Waals surface area contributed by atoms with E-state index in [9.17, 15) is 4.79 Å². The Morgan fingerprint density at radius 1 is 1.75 bits per heavy atom. The summed E-state index contributed by atoms with van der Waals surface area (Å²) in [5.41, 5.74) is 1.20. The second-order valence-corrected chi connectivity index (χ2v) is 4.54. The van der Waals surface area contributed by atoms with E-state index in [1.165, 1.54) is 12.5 Å². The highest BCUT2D eigenvalue weighted by Crippen LogP contribution is 2.23. The Labute approximate surface area is 83.7 Å². The van der Waals surface area contributed by atoms with Crippen molar-refractivity contribution < 1.29 is 9.53 Å². The molecule has 66 valence electrons. The third kappa shape index (κ3) is 2.95. The summed E-state index contributed by atoms with van der Waals surface area (Å²) in [5, 5.41) is 2.01. The van der Waals surface area contributed by atoms with E-state index >= 15 is 0 Å². The van der Waals surface area contributed by atoms with Gasteiger partial charge < -0.3 is 4.74 Å². The van der Waals surface area contributed by atoms with Gasteiger partial charge in [0.25, 0.3) is 0 Å². The van der Waals surface area contributed by atoms with Crippen LogP contribution in [0.25, 0.3) is 0 Å². The van der Waals surface area contributed by atoms with Crippen molar-refractivity contribution in [1.29, 1.82) is 0 Å². The summed E-state index contributed by atoms with van der Waals surface area (Å²) >= 11 is 5.05. The zero-order chi connectivity index (χ0) is 8.97. The molecule has 0 aromatic carbocycles. The molecule has 0 fully saturated rings. The molecule has 1 aromatic heterocycles. The maximum absolute atomic E-state index is 10.4. The van der Waals surface area contributed by atoms with Gasteiger partial charge in [0, 0.05) is 13.3 Å². The van der Waals surface area contributed by atoms with Crippen LogP contribution in [0.15, 0.2) is 15.2 Å². The van der Waals surface area contributed by atoms with Gasteiger partial charge in [-0.2, -0.15) is 0 Å². The third-order valence-electron chi connectivity index (χ3n) is 1.37. The fourth-order valence-electron chi connectivity index (χ4n) is 0.803. The fourth-order valence-corrected chi connectivity index (χ4v) is 2.13. The minimum atomic E-state index is -0.221. The fraction of sp³-hybridized carbons (Fsp3) is 0.375. The van der Waals surface area contributed by atoms with Gasteiger partial charge in [-0.1, -0.05) is 0 Å². The van der Waals surface area contributed by atoms with Crippen molar-refractivity contribution in [3.63, 3.8) is 0 Å². The molecule has 1 aromatic rings. The van der Waals surface area contributed by atoms with Crippen molar-refractivity contribution >= 4 is 33.2 Å². The first-order valence-electron chi connectivity index (χ1n) is 3.55. The summed E-state index contributed by atoms with van der Waals surface area (Å²) in [6, 6.07) is 2.03. The van der Waals surface area contributed by atoms with Crippen molar-refractivity contribution in [1.82, 2.24) is 0 Å². The first-order chi connectivity index (χ1) is 5.70. The molecule has 0 aliphatic heterocycles. The van der Waals surface area contributed by atoms with Crippen LogP contribution in [0.5, 0.6) is 0 Å². The largest absolute Gasteiger partial charge is 0.466 e. The Hall–Kier alpha value is -0.350. The van der Waals surface area contributed by atoms with E-state index in [4.69, 9.17) is 4.74 Å². The maximum atomic E-state index is 10.4. The Bertz CT molecular complexity index is 270. The second kappa shape index (κ2) is 4.62. The van der Waals surface area contributed by atoms with Crippen molar-refractivity contribution in [2.24, 2.45) is 0 Å². The molecule has 0 spiro atoms. The van der Waals surface area contributed by atoms with E-state index in [1.54, 1.807) is 11.3 Å². The van der Waals surface area contributed by atoms with E-state index in [1.807, 2.05) is 11.4 Å². The average molecular weight is 249 g/mol. The highest BCUT2D eigenvalue weighted by atomic mass is 79.9. The SMILES string of the molecule is CC(=O)OCCc1ccsc1Br. The maximum Gasteiger partial charge on any atom is 0.302 e. The molecule has 12 heavy (non-hydrogen) atoms. The van der Waals surface area contributed by atoms with Crippen LogP contribution >= 0.6 is 27.3 Å². The highest BCUT2D eigenvalue weighted by molar-refractivity contribution is 9.11. The summed E-state index contributed by atoms with van der Waals surface area (Å²) in [7, 11) is 0. The minimum Gasteiger partial charge on any atom is -0.466 e. The molecule has 4 heteroatoms. The number of halogens is 1. The Morgan fingerprint density at radius 2 is 2.50 bits per heavy atom. The molecule has 0 bridgehead atoms. The smallest absolute Gasteiger partial charge is 0.302 e. The number of hydrogen-bond acceptors (Lipinski definition) is 3. The van der Waals surface area contributed by atoms with Crippen molar-refractivity contribution in [3.8, 4) is 0 Å². The number of thiophene rings is 1. The quantitative estimate of drug-likeness (QED) is 0.769. The van der Waals surface area contributed by atoms with Crippen LogP contribution in [0.1, 0.15) is 12.5 Å². The van der Waals surface area contributed by atoms with E-state index < -0.39 is 0 Å². The number of esters is 1. The average Bonchev–Trinajstić information content (AvgIpc) is 2.36. The van der Waals surface area contributed by atoms with Crippen LogP contribution in [-0.2, 0) is 16.0 Å². The second-order valence-electron chi connectivity index (χ2n) is 2.31. The number of rotatable bonds is 3. The molecule has 0 saturated carbocycles. The van der Waals surface area contributed by atoms with Crippen LogP contribution in [0.3, 0.4) is 0 Å². The molecule has 1 heterocycles. The van der Waals surface area contributed by atoms with Crippen molar-refractivity contribution in [3.05, 3.63) is 20.8 Å². The van der Waals surface area contributed by atoms with Gasteiger partial charge >= 0.3 is 5.97 Å². The van der Waals surface area contributed by atoms with Crippen LogP contribution in [0, 0.1) is 0 Å². The third-order valence-corrected chi connectivity index (χ3v) is 3.18. The lowest BCUT2D eigenvalue weighted by Gasteiger charge is -1.99. The van der Waals surface area contributed by atoms with Gasteiger partial charge in [-0.3, -0.25) is 4.79 Å². The van der Waals surface area contributed by atoms with E-state index in [0.717, 1.165) is 10.2 Å². The van der Waals surface area contributed by atoms with Gasteiger partial charge in [0.1, 0.15) is 0 Å². The first-order valence-corrected chi connectivity index (χ1v) is 5.22. The zero-order valence-corrected chi connectivity index (χ0v) is 9.07. The van der Waals surface area contributed by atoms with E-state index in [0.29, 0.717) is 6.61 Å². The van der Waals surface area contributed by atoms with Gasteiger partial charge in [0.2, 0.25) is 0 Å². The number of carbonyl (C=O) groups is 1. The molecule has 0 radical (unpaired) electrons. The lowest BCUT2D eigenvalue weighted by atomic mass is 10.3. The molecule has 2 nitrogen and oxygen atoms in total. The minimum absolute atomic E-state index is 0.221. The molecule has 0 amide bonds. The van der Waals surface area contributed by atoms with Crippen LogP contribution < -0.4 is 0 Å². The normalized spacial score (nSPS) is 9.83. The molecular weight excluding hydrogens is 240 g/mol. The molecule has 0 N–H and O–H groups in total. The molecule has 0 atom stereocenters. The summed E-state index contributed by atoms with van der Waals surface area (Å²) in [6.45, 7) is 1.88. The molecule has 1 rings (SSSR count). The molecule has 0 aliphatic rings. The van der Waals surface area contributed by atoms with Crippen LogP contribution in [0.2, 0.25) is 0 Å². The van der Waals surface area contributed by atoms with Crippen LogP contribution in [-0.4, -0.2) is 12.6 Å². The lowest BCUT2D eigenvalue weighted by molar-refractivity contribution is -0.140. The Morgan fingerprint density at radius 3 is 3.00 bits per heavy atom. The summed E-state index contributed by atoms with van der Waals surface area (Å²) < 4.78 is 5.94. The molecule has 0 unspecified atom stereocenters. The van der Waals surface area contributed by atoms with Gasteiger partial charge in [0.05, 0.1) is 10.4 Å². The number of carbonyl (C=O) groups excluding carboxylic acids is 1. The van der Waals surface area contributed by atoms with Gasteiger partial charge in [-0.25, -0.2) is 0 Å². The molecular formula is C8H9BrO2S. The van der Waals surface area contributed by atoms with Crippen molar-refractivity contribution in [2.75, 3.05) is 6.61 Å². The van der Waals surface area contributed by atoms with Gasteiger partial charge in [0.15, 0.2) is 0 Å². The predicted molar refractivity (Wildman–Crippen MR) is 52.4 cm³/mol. The number of ether oxygens (including phenoxy) is 1. The molecule has 0 saturated heterocycles. The molecule has 0 aliphatic carbocycles. The lowest BCUT2D eigenvalue weighted by Crippen LogP contribution is -2.02. The highest BCUT2D eigenvalue weighted by Gasteiger charge is 2.01. The van der Waals surface area contributed by atoms with Gasteiger partial charge in [-0.05, 0) is 32.9 Å². The van der Waals surface area contributed by atoms with Gasteiger partial charge in [-0.15, -0.1) is 11.3 Å². The standard InChI is InChI=1S/C8H9BrO2S/c1-6(10)11-4-2-7-3-5-12-8(7)9/h3,5H,2,4H2,1H3. The predicted octanol–water partition coefficient (Wildman–Crippen LogP) is 2.62. The van der Waals surface area contributed by atoms with Crippen LogP contribution in [0.4, 0.5) is 0 Å². The first kappa shape index (κ1) is 9.74. The van der Waals surface area contributed by atoms with E-state index in [-0.39, 0.29) is 5.97 Å². The van der Waals surface area contributed by atoms with Crippen molar-refractivity contribution in [2.45, 2.75) is 13.3 Å². The number of hydrogen-bond donors (Lipinski definition) is 0. The monoisotopic (exact) mass is 248 g/mol. The summed E-state index contributed by atoms with van der Waals surface area (Å²) in [6.07, 6.45) is 0.781. The Balaban J connectivity index is 2.33. The zero-order valence-electron chi connectivity index (χ0n) is 6.67.